The van der Waals surface area contributed by atoms with Crippen LogP contribution in [0, 0.1) is 0 Å². The fourth-order valence-electron chi connectivity index (χ4n) is 2.20. The number of halogens is 1. The van der Waals surface area contributed by atoms with Crippen molar-refractivity contribution < 1.29 is 9.84 Å². The summed E-state index contributed by atoms with van der Waals surface area (Å²) in [4.78, 5) is 7.69. The van der Waals surface area contributed by atoms with E-state index >= 15 is 0 Å². The first kappa shape index (κ1) is 17.7. The van der Waals surface area contributed by atoms with Crippen molar-refractivity contribution in [2.75, 3.05) is 13.2 Å². The number of nitrogens with zero attached hydrogens (tertiary/aromatic N) is 2. The van der Waals surface area contributed by atoms with E-state index in [1.165, 1.54) is 11.8 Å². The standard InChI is InChI=1S/C17H22ClN3O2/c1-17(2,10-13-6-4-3-5-7-13)20-11-14(22)12-23-15-8-9-19-16(18)21-15/h3-9,14,20,22H,10-12H2,1-2H3. The molecule has 1 aromatic carbocycles. The molecular weight excluding hydrogens is 314 g/mol. The van der Waals surface area contributed by atoms with Gasteiger partial charge in [0, 0.05) is 24.3 Å². The number of aliphatic hydroxyl groups is 1. The van der Waals surface area contributed by atoms with Gasteiger partial charge < -0.3 is 15.2 Å². The third-order valence-electron chi connectivity index (χ3n) is 3.33. The molecule has 5 nitrogen and oxygen atoms in total. The number of nitrogens with one attached hydrogen (secondary N) is 1. The summed E-state index contributed by atoms with van der Waals surface area (Å²) >= 11 is 5.68. The van der Waals surface area contributed by atoms with E-state index < -0.39 is 6.10 Å². The zero-order valence-electron chi connectivity index (χ0n) is 13.4. The maximum absolute atomic E-state index is 10.0. The van der Waals surface area contributed by atoms with Crippen molar-refractivity contribution in [1.29, 1.82) is 0 Å². The van der Waals surface area contributed by atoms with Crippen molar-refractivity contribution >= 4 is 11.6 Å². The van der Waals surface area contributed by atoms with Gasteiger partial charge in [-0.15, -0.1) is 0 Å². The lowest BCUT2D eigenvalue weighted by molar-refractivity contribution is 0.0965. The number of rotatable bonds is 8. The van der Waals surface area contributed by atoms with Crippen LogP contribution < -0.4 is 10.1 Å². The normalized spacial score (nSPS) is 12.9. The van der Waals surface area contributed by atoms with Crippen LogP contribution in [0.25, 0.3) is 0 Å². The zero-order chi connectivity index (χ0) is 16.7. The summed E-state index contributed by atoms with van der Waals surface area (Å²) < 4.78 is 5.41. The molecule has 1 unspecified atom stereocenters. The quantitative estimate of drug-likeness (QED) is 0.725. The lowest BCUT2D eigenvalue weighted by Crippen LogP contribution is -2.46. The summed E-state index contributed by atoms with van der Waals surface area (Å²) in [5.41, 5.74) is 1.13. The summed E-state index contributed by atoms with van der Waals surface area (Å²) in [5.74, 6) is 0.354. The number of hydrogen-bond acceptors (Lipinski definition) is 5. The Balaban J connectivity index is 1.75. The average molecular weight is 336 g/mol. The number of β-amino-alcohol motifs (C(OH)–C–C–N with tert-alkyl or cyclic N) is 1. The molecule has 0 amide bonds. The molecule has 1 atom stereocenters. The third kappa shape index (κ3) is 6.52. The van der Waals surface area contributed by atoms with Crippen LogP contribution in [0.2, 0.25) is 5.28 Å². The highest BCUT2D eigenvalue weighted by Crippen LogP contribution is 2.13. The minimum absolute atomic E-state index is 0.124. The second-order valence-corrected chi connectivity index (χ2v) is 6.39. The van der Waals surface area contributed by atoms with Crippen LogP contribution in [0.15, 0.2) is 42.6 Å². The van der Waals surface area contributed by atoms with Crippen LogP contribution >= 0.6 is 11.6 Å². The van der Waals surface area contributed by atoms with E-state index in [4.69, 9.17) is 16.3 Å². The molecule has 124 valence electrons. The lowest BCUT2D eigenvalue weighted by atomic mass is 9.95. The minimum Gasteiger partial charge on any atom is -0.475 e. The predicted molar refractivity (Wildman–Crippen MR) is 90.8 cm³/mol. The highest BCUT2D eigenvalue weighted by molar-refractivity contribution is 6.28. The van der Waals surface area contributed by atoms with E-state index in [9.17, 15) is 5.11 Å². The number of benzene rings is 1. The third-order valence-corrected chi connectivity index (χ3v) is 3.51. The van der Waals surface area contributed by atoms with Gasteiger partial charge in [-0.2, -0.15) is 4.98 Å². The molecule has 2 N–H and O–H groups in total. The Morgan fingerprint density at radius 3 is 2.70 bits per heavy atom. The second-order valence-electron chi connectivity index (χ2n) is 6.06. The molecule has 0 spiro atoms. The second kappa shape index (κ2) is 8.24. The van der Waals surface area contributed by atoms with Crippen LogP contribution in [-0.2, 0) is 6.42 Å². The zero-order valence-corrected chi connectivity index (χ0v) is 14.1. The highest BCUT2D eigenvalue weighted by Gasteiger charge is 2.19. The SMILES string of the molecule is CC(C)(Cc1ccccc1)NCC(O)COc1ccnc(Cl)n1. The Morgan fingerprint density at radius 2 is 2.00 bits per heavy atom. The fraction of sp³-hybridized carbons (Fsp3) is 0.412. The lowest BCUT2D eigenvalue weighted by Gasteiger charge is -2.28. The van der Waals surface area contributed by atoms with Gasteiger partial charge in [-0.05, 0) is 37.4 Å². The molecule has 6 heteroatoms. The number of ether oxygens (including phenoxy) is 1. The molecule has 0 bridgehead atoms. The van der Waals surface area contributed by atoms with Crippen molar-refractivity contribution in [3.05, 3.63) is 53.4 Å². The topological polar surface area (TPSA) is 67.3 Å². The molecule has 1 aromatic heterocycles. The van der Waals surface area contributed by atoms with Crippen molar-refractivity contribution in [2.45, 2.75) is 31.9 Å². The molecule has 2 aromatic rings. The maximum atomic E-state index is 10.0. The van der Waals surface area contributed by atoms with E-state index in [2.05, 4.69) is 41.3 Å². The number of aliphatic hydroxyl groups excluding tert-OH is 1. The molecule has 0 aliphatic rings. The van der Waals surface area contributed by atoms with E-state index in [-0.39, 0.29) is 17.4 Å². The summed E-state index contributed by atoms with van der Waals surface area (Å²) in [5, 5.41) is 13.5. The predicted octanol–water partition coefficient (Wildman–Crippen LogP) is 2.48. The summed E-state index contributed by atoms with van der Waals surface area (Å²) in [6, 6.07) is 11.9. The maximum Gasteiger partial charge on any atom is 0.225 e. The molecule has 0 aliphatic carbocycles. The van der Waals surface area contributed by atoms with Crippen LogP contribution in [0.4, 0.5) is 0 Å². The molecule has 23 heavy (non-hydrogen) atoms. The van der Waals surface area contributed by atoms with Crippen molar-refractivity contribution in [3.8, 4) is 5.88 Å². The van der Waals surface area contributed by atoms with Crippen LogP contribution in [0.1, 0.15) is 19.4 Å². The van der Waals surface area contributed by atoms with Crippen LogP contribution in [-0.4, -0.2) is 39.9 Å². The molecule has 2 rings (SSSR count). The van der Waals surface area contributed by atoms with Gasteiger partial charge >= 0.3 is 0 Å². The van der Waals surface area contributed by atoms with Gasteiger partial charge in [-0.1, -0.05) is 30.3 Å². The monoisotopic (exact) mass is 335 g/mol. The Labute approximate surface area is 141 Å². The Bertz CT molecular complexity index is 608. The Morgan fingerprint density at radius 1 is 1.26 bits per heavy atom. The van der Waals surface area contributed by atoms with Gasteiger partial charge in [-0.25, -0.2) is 4.98 Å². The van der Waals surface area contributed by atoms with Crippen LogP contribution in [0.5, 0.6) is 5.88 Å². The van der Waals surface area contributed by atoms with Gasteiger partial charge in [-0.3, -0.25) is 0 Å². The molecule has 0 aliphatic heterocycles. The van der Waals surface area contributed by atoms with Gasteiger partial charge in [0.05, 0.1) is 0 Å². The molecule has 0 saturated carbocycles. The van der Waals surface area contributed by atoms with E-state index in [0.29, 0.717) is 12.4 Å². The first-order chi connectivity index (χ1) is 10.9. The molecule has 1 heterocycles. The van der Waals surface area contributed by atoms with Gasteiger partial charge in [0.25, 0.3) is 0 Å². The molecular formula is C17H22ClN3O2. The molecule has 0 fully saturated rings. The number of hydrogen-bond donors (Lipinski definition) is 2. The summed E-state index contributed by atoms with van der Waals surface area (Å²) in [7, 11) is 0. The largest absolute Gasteiger partial charge is 0.475 e. The van der Waals surface area contributed by atoms with Crippen molar-refractivity contribution in [1.82, 2.24) is 15.3 Å². The fourth-order valence-corrected chi connectivity index (χ4v) is 2.34. The first-order valence-electron chi connectivity index (χ1n) is 7.53. The van der Waals surface area contributed by atoms with Crippen LogP contribution in [0.3, 0.4) is 0 Å². The number of aromatic nitrogens is 2. The van der Waals surface area contributed by atoms with E-state index in [0.717, 1.165) is 6.42 Å². The van der Waals surface area contributed by atoms with Gasteiger partial charge in [0.15, 0.2) is 0 Å². The molecule has 0 saturated heterocycles. The highest BCUT2D eigenvalue weighted by atomic mass is 35.5. The van der Waals surface area contributed by atoms with Crippen molar-refractivity contribution in [3.63, 3.8) is 0 Å². The first-order valence-corrected chi connectivity index (χ1v) is 7.91. The smallest absolute Gasteiger partial charge is 0.225 e. The summed E-state index contributed by atoms with van der Waals surface area (Å²) in [6.45, 7) is 4.79. The van der Waals surface area contributed by atoms with Gasteiger partial charge in [0.2, 0.25) is 11.2 Å². The summed E-state index contributed by atoms with van der Waals surface area (Å²) in [6.07, 6.45) is 1.75. The van der Waals surface area contributed by atoms with E-state index in [1.54, 1.807) is 6.07 Å². The average Bonchev–Trinajstić information content (AvgIpc) is 2.52. The Hall–Kier alpha value is -1.69. The molecule has 0 radical (unpaired) electrons. The van der Waals surface area contributed by atoms with E-state index in [1.807, 2.05) is 18.2 Å². The van der Waals surface area contributed by atoms with Crippen molar-refractivity contribution in [2.24, 2.45) is 0 Å². The Kier molecular flexibility index (Phi) is 6.33. The minimum atomic E-state index is -0.640. The van der Waals surface area contributed by atoms with Gasteiger partial charge in [0.1, 0.15) is 12.7 Å².